The number of fused-ring (bicyclic) bond motifs is 1. The van der Waals surface area contributed by atoms with Gasteiger partial charge in [0.05, 0.1) is 41.0 Å². The van der Waals surface area contributed by atoms with Crippen molar-refractivity contribution >= 4 is 39.3 Å². The van der Waals surface area contributed by atoms with Gasteiger partial charge in [-0.15, -0.1) is 0 Å². The minimum atomic E-state index is -3.63. The van der Waals surface area contributed by atoms with E-state index in [2.05, 4.69) is 5.32 Å². The van der Waals surface area contributed by atoms with Gasteiger partial charge in [-0.1, -0.05) is 30.0 Å². The summed E-state index contributed by atoms with van der Waals surface area (Å²) in [6.07, 6.45) is 1.62. The van der Waals surface area contributed by atoms with Crippen molar-refractivity contribution in [2.24, 2.45) is 0 Å². The van der Waals surface area contributed by atoms with Crippen LogP contribution in [-0.2, 0) is 20.4 Å². The monoisotopic (exact) mass is 511 g/mol. The summed E-state index contributed by atoms with van der Waals surface area (Å²) < 4.78 is 37.0. The summed E-state index contributed by atoms with van der Waals surface area (Å²) in [5, 5.41) is 12.7. The molecule has 0 radical (unpaired) electrons. The maximum atomic E-state index is 13.2. The maximum absolute atomic E-state index is 13.2. The van der Waals surface area contributed by atoms with E-state index in [1.54, 1.807) is 18.2 Å². The largest absolute Gasteiger partial charge is 0.508 e. The summed E-state index contributed by atoms with van der Waals surface area (Å²) in [5.41, 5.74) is 3.56. The summed E-state index contributed by atoms with van der Waals surface area (Å²) in [6.45, 7) is 3.79. The molecule has 0 saturated heterocycles. The fourth-order valence-electron chi connectivity index (χ4n) is 3.88. The highest BCUT2D eigenvalue weighted by Gasteiger charge is 2.26. The van der Waals surface area contributed by atoms with Gasteiger partial charge in [0.15, 0.2) is 9.84 Å². The van der Waals surface area contributed by atoms with Crippen LogP contribution in [0.3, 0.4) is 0 Å². The summed E-state index contributed by atoms with van der Waals surface area (Å²) in [6, 6.07) is 13.3. The number of methoxy groups -OCH3 is 2. The molecule has 2 N–H and O–H groups in total. The molecule has 182 valence electrons. The van der Waals surface area contributed by atoms with Crippen LogP contribution in [0.15, 0.2) is 63.2 Å². The second-order valence-electron chi connectivity index (χ2n) is 8.12. The van der Waals surface area contributed by atoms with Crippen molar-refractivity contribution in [1.29, 1.82) is 0 Å². The van der Waals surface area contributed by atoms with Gasteiger partial charge in [0.1, 0.15) is 17.2 Å². The van der Waals surface area contributed by atoms with E-state index in [4.69, 9.17) is 9.47 Å². The van der Waals surface area contributed by atoms with Crippen LogP contribution in [-0.4, -0.2) is 33.7 Å². The van der Waals surface area contributed by atoms with Crippen LogP contribution in [0.4, 0.5) is 5.69 Å². The number of aromatic hydroxyl groups is 1. The molecule has 0 atom stereocenters. The Morgan fingerprint density at radius 3 is 2.23 bits per heavy atom. The topological polar surface area (TPSA) is 102 Å². The van der Waals surface area contributed by atoms with E-state index in [1.807, 2.05) is 32.0 Å². The Morgan fingerprint density at radius 2 is 1.63 bits per heavy atom. The Balaban J connectivity index is 1.67. The van der Waals surface area contributed by atoms with Gasteiger partial charge in [-0.25, -0.2) is 8.42 Å². The highest BCUT2D eigenvalue weighted by Crippen LogP contribution is 2.43. The zero-order valence-electron chi connectivity index (χ0n) is 19.7. The van der Waals surface area contributed by atoms with Crippen molar-refractivity contribution < 1.29 is 27.8 Å². The Hall–Kier alpha value is -3.43. The molecule has 0 aromatic heterocycles. The van der Waals surface area contributed by atoms with E-state index < -0.39 is 9.84 Å². The highest BCUT2D eigenvalue weighted by molar-refractivity contribution is 8.04. The first kappa shape index (κ1) is 24.7. The Morgan fingerprint density at radius 1 is 1.00 bits per heavy atom. The molecule has 1 aliphatic heterocycles. The number of sulfone groups is 1. The number of anilines is 1. The van der Waals surface area contributed by atoms with Gasteiger partial charge in [-0.05, 0) is 54.8 Å². The summed E-state index contributed by atoms with van der Waals surface area (Å²) in [7, 11) is -0.709. The fraction of sp³-hybridized carbons (Fsp3) is 0.192. The van der Waals surface area contributed by atoms with E-state index in [1.165, 1.54) is 44.2 Å². The lowest BCUT2D eigenvalue weighted by Gasteiger charge is -2.20. The average Bonchev–Trinajstić information content (AvgIpc) is 2.82. The molecule has 4 rings (SSSR count). The first-order valence-electron chi connectivity index (χ1n) is 10.7. The molecule has 0 aliphatic carbocycles. The van der Waals surface area contributed by atoms with Gasteiger partial charge in [0, 0.05) is 17.0 Å². The second-order valence-corrected chi connectivity index (χ2v) is 11.2. The summed E-state index contributed by atoms with van der Waals surface area (Å²) in [5.74, 6) is 0.172. The maximum Gasteiger partial charge on any atom is 0.262 e. The molecule has 1 amide bonds. The third-order valence-electron chi connectivity index (χ3n) is 5.79. The van der Waals surface area contributed by atoms with Gasteiger partial charge < -0.3 is 19.9 Å². The molecule has 7 nitrogen and oxygen atoms in total. The molecule has 0 fully saturated rings. The minimum absolute atomic E-state index is 0.0263. The van der Waals surface area contributed by atoms with Crippen molar-refractivity contribution in [3.63, 3.8) is 0 Å². The van der Waals surface area contributed by atoms with Gasteiger partial charge in [-0.3, -0.25) is 4.79 Å². The van der Waals surface area contributed by atoms with Crippen LogP contribution in [0.25, 0.3) is 6.08 Å². The number of hydrogen-bond acceptors (Lipinski definition) is 7. The molecule has 35 heavy (non-hydrogen) atoms. The van der Waals surface area contributed by atoms with Crippen LogP contribution in [0.1, 0.15) is 22.3 Å². The second kappa shape index (κ2) is 9.67. The summed E-state index contributed by atoms with van der Waals surface area (Å²) in [4.78, 5) is 14.1. The molecule has 1 aliphatic rings. The zero-order chi connectivity index (χ0) is 25.3. The number of benzene rings is 3. The van der Waals surface area contributed by atoms with Crippen LogP contribution in [0, 0.1) is 13.8 Å². The van der Waals surface area contributed by atoms with Crippen molar-refractivity contribution in [2.45, 2.75) is 29.4 Å². The SMILES string of the molecule is COc1cc(O)cc(OC)c1/C=C1\Sc2ccc(S(=O)(=O)Cc3c(C)cccc3C)cc2NC1=O. The number of hydrogen-bond donors (Lipinski definition) is 2. The van der Waals surface area contributed by atoms with Crippen LogP contribution in [0.2, 0.25) is 0 Å². The molecular weight excluding hydrogens is 486 g/mol. The Labute approximate surface area is 208 Å². The number of ether oxygens (including phenoxy) is 2. The first-order chi connectivity index (χ1) is 16.6. The summed E-state index contributed by atoms with van der Waals surface area (Å²) >= 11 is 1.21. The van der Waals surface area contributed by atoms with Crippen molar-refractivity contribution in [3.8, 4) is 17.2 Å². The van der Waals surface area contributed by atoms with Crippen LogP contribution < -0.4 is 14.8 Å². The molecule has 0 bridgehead atoms. The fourth-order valence-corrected chi connectivity index (χ4v) is 6.37. The number of thioether (sulfide) groups is 1. The number of phenols is 1. The number of carbonyl (C=O) groups is 1. The number of amides is 1. The number of nitrogens with one attached hydrogen (secondary N) is 1. The molecule has 3 aromatic rings. The average molecular weight is 512 g/mol. The third-order valence-corrected chi connectivity index (χ3v) is 8.52. The molecular formula is C26H25NO6S2. The number of phenolic OH excluding ortho intramolecular Hbond substituents is 1. The van der Waals surface area contributed by atoms with E-state index in [9.17, 15) is 18.3 Å². The van der Waals surface area contributed by atoms with Crippen LogP contribution in [0.5, 0.6) is 17.2 Å². The standard InChI is InChI=1S/C26H25NO6S2/c1-15-6-5-7-16(2)20(15)14-35(30,31)18-8-9-24-21(12-18)27-26(29)25(34-24)13-19-22(32-3)10-17(28)11-23(19)33-4/h5-13,28H,14H2,1-4H3,(H,27,29)/b25-13-. The third kappa shape index (κ3) is 5.01. The molecule has 1 heterocycles. The van der Waals surface area contributed by atoms with Gasteiger partial charge in [0.2, 0.25) is 0 Å². The zero-order valence-corrected chi connectivity index (χ0v) is 21.3. The number of rotatable bonds is 6. The quantitative estimate of drug-likeness (QED) is 0.445. The first-order valence-corrected chi connectivity index (χ1v) is 13.2. The highest BCUT2D eigenvalue weighted by atomic mass is 32.2. The van der Waals surface area contributed by atoms with E-state index >= 15 is 0 Å². The van der Waals surface area contributed by atoms with Crippen LogP contribution >= 0.6 is 11.8 Å². The van der Waals surface area contributed by atoms with E-state index in [0.29, 0.717) is 32.6 Å². The predicted octanol–water partition coefficient (Wildman–Crippen LogP) is 5.09. The normalized spacial score (nSPS) is 14.4. The molecule has 0 spiro atoms. The lowest BCUT2D eigenvalue weighted by Crippen LogP contribution is -2.18. The molecule has 3 aromatic carbocycles. The molecule has 9 heteroatoms. The lowest BCUT2D eigenvalue weighted by molar-refractivity contribution is -0.112. The Kier molecular flexibility index (Phi) is 6.82. The molecule has 0 saturated carbocycles. The van der Waals surface area contributed by atoms with Crippen molar-refractivity contribution in [1.82, 2.24) is 0 Å². The van der Waals surface area contributed by atoms with Gasteiger partial charge in [0.25, 0.3) is 5.91 Å². The predicted molar refractivity (Wildman–Crippen MR) is 137 cm³/mol. The Bertz CT molecular complexity index is 1420. The van der Waals surface area contributed by atoms with E-state index in [0.717, 1.165) is 16.7 Å². The number of aryl methyl sites for hydroxylation is 2. The van der Waals surface area contributed by atoms with Gasteiger partial charge in [-0.2, -0.15) is 0 Å². The minimum Gasteiger partial charge on any atom is -0.508 e. The smallest absolute Gasteiger partial charge is 0.262 e. The number of carbonyl (C=O) groups excluding carboxylic acids is 1. The van der Waals surface area contributed by atoms with Gasteiger partial charge >= 0.3 is 0 Å². The molecule has 0 unspecified atom stereocenters. The van der Waals surface area contributed by atoms with Crippen molar-refractivity contribution in [3.05, 3.63) is 75.7 Å². The van der Waals surface area contributed by atoms with Crippen molar-refractivity contribution in [2.75, 3.05) is 19.5 Å². The van der Waals surface area contributed by atoms with E-state index in [-0.39, 0.29) is 22.3 Å². The lowest BCUT2D eigenvalue weighted by atomic mass is 10.1.